The summed E-state index contributed by atoms with van der Waals surface area (Å²) in [4.78, 5) is 24.5. The maximum absolute atomic E-state index is 12.5. The number of hydrogen-bond donors (Lipinski definition) is 0. The summed E-state index contributed by atoms with van der Waals surface area (Å²) < 4.78 is 5.78. The Labute approximate surface area is 123 Å². The molecule has 2 rings (SSSR count). The standard InChI is InChI=1S/C15H18N2O4/c1-5-16(4)14(18)12-9-15(2,3)21-13-7-6-10(17(19)20)8-11(12)13/h6-9H,5H2,1-4H3. The summed E-state index contributed by atoms with van der Waals surface area (Å²) in [5.74, 6) is 0.316. The Balaban J connectivity index is 2.58. The number of carbonyl (C=O) groups excluding carboxylic acids is 1. The zero-order chi connectivity index (χ0) is 15.8. The quantitative estimate of drug-likeness (QED) is 0.633. The number of fused-ring (bicyclic) bond motifs is 1. The predicted molar refractivity (Wildman–Crippen MR) is 79.1 cm³/mol. The summed E-state index contributed by atoms with van der Waals surface area (Å²) in [7, 11) is 1.70. The zero-order valence-corrected chi connectivity index (χ0v) is 12.5. The van der Waals surface area contributed by atoms with E-state index in [0.717, 1.165) is 0 Å². The monoisotopic (exact) mass is 290 g/mol. The molecule has 1 aromatic carbocycles. The van der Waals surface area contributed by atoms with Gasteiger partial charge in [0.1, 0.15) is 11.4 Å². The maximum Gasteiger partial charge on any atom is 0.270 e. The highest BCUT2D eigenvalue weighted by molar-refractivity contribution is 6.20. The number of non-ortho nitro benzene ring substituents is 1. The fourth-order valence-electron chi connectivity index (χ4n) is 2.20. The number of likely N-dealkylation sites (N-methyl/N-ethyl adjacent to an activating group) is 1. The lowest BCUT2D eigenvalue weighted by molar-refractivity contribution is -0.384. The minimum absolute atomic E-state index is 0.0603. The molecule has 0 fully saturated rings. The maximum atomic E-state index is 12.5. The van der Waals surface area contributed by atoms with Crippen LogP contribution in [-0.4, -0.2) is 34.9 Å². The molecular formula is C15H18N2O4. The first-order chi connectivity index (χ1) is 9.75. The number of carbonyl (C=O) groups is 1. The van der Waals surface area contributed by atoms with E-state index in [1.54, 1.807) is 24.1 Å². The molecule has 0 radical (unpaired) electrons. The van der Waals surface area contributed by atoms with Crippen molar-refractivity contribution < 1.29 is 14.5 Å². The molecule has 0 saturated carbocycles. The van der Waals surface area contributed by atoms with Crippen LogP contribution >= 0.6 is 0 Å². The molecule has 0 N–H and O–H groups in total. The van der Waals surface area contributed by atoms with Crippen LogP contribution in [-0.2, 0) is 4.79 Å². The number of nitro groups is 1. The van der Waals surface area contributed by atoms with E-state index in [-0.39, 0.29) is 11.6 Å². The molecule has 1 aliphatic rings. The second-order valence-electron chi connectivity index (χ2n) is 5.52. The van der Waals surface area contributed by atoms with Crippen LogP contribution in [0.5, 0.6) is 5.75 Å². The van der Waals surface area contributed by atoms with Crippen LogP contribution in [0, 0.1) is 10.1 Å². The Hall–Kier alpha value is -2.37. The average molecular weight is 290 g/mol. The van der Waals surface area contributed by atoms with Gasteiger partial charge in [-0.25, -0.2) is 0 Å². The predicted octanol–water partition coefficient (Wildman–Crippen LogP) is 2.63. The van der Waals surface area contributed by atoms with E-state index in [1.807, 2.05) is 20.8 Å². The normalized spacial score (nSPS) is 15.5. The molecule has 1 aromatic rings. The summed E-state index contributed by atoms with van der Waals surface area (Å²) in [6.07, 6.45) is 1.72. The van der Waals surface area contributed by atoms with E-state index >= 15 is 0 Å². The molecule has 1 aliphatic heterocycles. The lowest BCUT2D eigenvalue weighted by atomic mass is 9.93. The van der Waals surface area contributed by atoms with E-state index in [0.29, 0.717) is 23.4 Å². The van der Waals surface area contributed by atoms with Crippen molar-refractivity contribution in [1.29, 1.82) is 0 Å². The van der Waals surface area contributed by atoms with Gasteiger partial charge in [0, 0.05) is 31.3 Å². The van der Waals surface area contributed by atoms with Crippen LogP contribution in [0.3, 0.4) is 0 Å². The first kappa shape index (κ1) is 15.0. The Morgan fingerprint density at radius 2 is 2.10 bits per heavy atom. The molecule has 0 aromatic heterocycles. The largest absolute Gasteiger partial charge is 0.483 e. The molecule has 6 nitrogen and oxygen atoms in total. The average Bonchev–Trinajstić information content (AvgIpc) is 2.43. The minimum atomic E-state index is -0.636. The molecule has 112 valence electrons. The molecule has 0 spiro atoms. The highest BCUT2D eigenvalue weighted by Crippen LogP contribution is 2.38. The van der Waals surface area contributed by atoms with Gasteiger partial charge in [-0.1, -0.05) is 0 Å². The Bertz CT molecular complexity index is 635. The highest BCUT2D eigenvalue weighted by atomic mass is 16.6. The molecule has 0 bridgehead atoms. The molecule has 0 saturated heterocycles. The number of amides is 1. The topological polar surface area (TPSA) is 72.7 Å². The van der Waals surface area contributed by atoms with Crippen molar-refractivity contribution >= 4 is 17.2 Å². The number of nitrogens with zero attached hydrogens (tertiary/aromatic N) is 2. The van der Waals surface area contributed by atoms with Crippen molar-refractivity contribution in [2.24, 2.45) is 0 Å². The van der Waals surface area contributed by atoms with Gasteiger partial charge in [-0.15, -0.1) is 0 Å². The van der Waals surface area contributed by atoms with Gasteiger partial charge < -0.3 is 9.64 Å². The van der Waals surface area contributed by atoms with Crippen molar-refractivity contribution in [2.75, 3.05) is 13.6 Å². The molecule has 1 amide bonds. The van der Waals surface area contributed by atoms with E-state index in [9.17, 15) is 14.9 Å². The third-order valence-corrected chi connectivity index (χ3v) is 3.38. The van der Waals surface area contributed by atoms with Gasteiger partial charge >= 0.3 is 0 Å². The van der Waals surface area contributed by atoms with Crippen molar-refractivity contribution in [3.05, 3.63) is 40.0 Å². The van der Waals surface area contributed by atoms with Crippen LogP contribution in [0.2, 0.25) is 0 Å². The van der Waals surface area contributed by atoms with Crippen molar-refractivity contribution in [3.63, 3.8) is 0 Å². The van der Waals surface area contributed by atoms with E-state index in [2.05, 4.69) is 0 Å². The van der Waals surface area contributed by atoms with Gasteiger partial charge in [-0.3, -0.25) is 14.9 Å². The molecule has 0 unspecified atom stereocenters. The molecule has 0 atom stereocenters. The summed E-state index contributed by atoms with van der Waals surface area (Å²) in [6, 6.07) is 4.31. The Morgan fingerprint density at radius 3 is 2.67 bits per heavy atom. The van der Waals surface area contributed by atoms with Crippen molar-refractivity contribution in [2.45, 2.75) is 26.4 Å². The summed E-state index contributed by atoms with van der Waals surface area (Å²) in [5, 5.41) is 10.9. The number of ether oxygens (including phenoxy) is 1. The van der Waals surface area contributed by atoms with Crippen LogP contribution in [0.1, 0.15) is 26.3 Å². The molecular weight excluding hydrogens is 272 g/mol. The van der Waals surface area contributed by atoms with Crippen LogP contribution in [0.4, 0.5) is 5.69 Å². The van der Waals surface area contributed by atoms with Crippen molar-refractivity contribution in [1.82, 2.24) is 4.90 Å². The number of benzene rings is 1. The fraction of sp³-hybridized carbons (Fsp3) is 0.400. The zero-order valence-electron chi connectivity index (χ0n) is 12.5. The van der Waals surface area contributed by atoms with Crippen molar-refractivity contribution in [3.8, 4) is 5.75 Å². The SMILES string of the molecule is CCN(C)C(=O)C1=CC(C)(C)Oc2ccc([N+](=O)[O-])cc21. The highest BCUT2D eigenvalue weighted by Gasteiger charge is 2.31. The van der Waals surface area contributed by atoms with Crippen LogP contribution < -0.4 is 4.74 Å². The molecule has 21 heavy (non-hydrogen) atoms. The second kappa shape index (κ2) is 5.20. The molecule has 1 heterocycles. The Kier molecular flexibility index (Phi) is 3.72. The summed E-state index contributed by atoms with van der Waals surface area (Å²) >= 11 is 0. The van der Waals surface area contributed by atoms with Gasteiger partial charge in [0.25, 0.3) is 11.6 Å². The smallest absolute Gasteiger partial charge is 0.270 e. The van der Waals surface area contributed by atoms with Gasteiger partial charge in [-0.05, 0) is 32.9 Å². The van der Waals surface area contributed by atoms with Crippen LogP contribution in [0.25, 0.3) is 5.57 Å². The summed E-state index contributed by atoms with van der Waals surface area (Å²) in [5.41, 5.74) is 0.209. The minimum Gasteiger partial charge on any atom is -0.483 e. The first-order valence-corrected chi connectivity index (χ1v) is 6.71. The van der Waals surface area contributed by atoms with Gasteiger partial charge in [0.05, 0.1) is 10.5 Å². The van der Waals surface area contributed by atoms with Gasteiger partial charge in [0.15, 0.2) is 0 Å². The number of hydrogen-bond acceptors (Lipinski definition) is 4. The van der Waals surface area contributed by atoms with Gasteiger partial charge in [-0.2, -0.15) is 0 Å². The number of nitro benzene ring substituents is 1. The van der Waals surface area contributed by atoms with E-state index in [1.165, 1.54) is 12.1 Å². The first-order valence-electron chi connectivity index (χ1n) is 6.71. The third kappa shape index (κ3) is 2.89. The van der Waals surface area contributed by atoms with E-state index < -0.39 is 10.5 Å². The lowest BCUT2D eigenvalue weighted by Crippen LogP contribution is -2.34. The fourth-order valence-corrected chi connectivity index (χ4v) is 2.20. The second-order valence-corrected chi connectivity index (χ2v) is 5.52. The van der Waals surface area contributed by atoms with Crippen LogP contribution in [0.15, 0.2) is 24.3 Å². The molecule has 6 heteroatoms. The molecule has 0 aliphatic carbocycles. The van der Waals surface area contributed by atoms with E-state index in [4.69, 9.17) is 4.74 Å². The summed E-state index contributed by atoms with van der Waals surface area (Å²) in [6.45, 7) is 6.12. The lowest BCUT2D eigenvalue weighted by Gasteiger charge is -2.31. The number of rotatable bonds is 3. The third-order valence-electron chi connectivity index (χ3n) is 3.38. The van der Waals surface area contributed by atoms with Gasteiger partial charge in [0.2, 0.25) is 0 Å². The Morgan fingerprint density at radius 1 is 1.43 bits per heavy atom.